The third kappa shape index (κ3) is 4.32. The monoisotopic (exact) mass is 126 g/mol. The van der Waals surface area contributed by atoms with E-state index in [1.807, 2.05) is 11.3 Å². The molecule has 0 spiro atoms. The average Bonchev–Trinajstić information content (AvgIpc) is 1.87. The van der Waals surface area contributed by atoms with Crippen molar-refractivity contribution in [2.24, 2.45) is 0 Å². The third-order valence-electron chi connectivity index (χ3n) is 0.875. The van der Waals surface area contributed by atoms with Gasteiger partial charge in [-0.1, -0.05) is 0 Å². The molecule has 0 amide bonds. The van der Waals surface area contributed by atoms with E-state index in [1.54, 1.807) is 0 Å². The molecule has 40 valence electrons. The van der Waals surface area contributed by atoms with Gasteiger partial charge in [-0.2, -0.15) is 0 Å². The van der Waals surface area contributed by atoms with Crippen LogP contribution in [0.5, 0.6) is 0 Å². The molecule has 0 saturated heterocycles. The second-order valence-electron chi connectivity index (χ2n) is 1.66. The molecule has 0 saturated carbocycles. The van der Waals surface area contributed by atoms with Crippen LogP contribution < -0.4 is 0 Å². The van der Waals surface area contributed by atoms with Gasteiger partial charge >= 0.3 is 0 Å². The summed E-state index contributed by atoms with van der Waals surface area (Å²) in [5, 5.41) is 0. The molecule has 0 fully saturated rings. The van der Waals surface area contributed by atoms with E-state index in [1.165, 1.54) is 9.75 Å². The molecule has 0 aromatic carbocycles. The molecule has 0 bridgehead atoms. The molecular weight excluding hydrogens is 118 g/mol. The van der Waals surface area contributed by atoms with Gasteiger partial charge in [0, 0.05) is 47.5 Å². The molecule has 0 aliphatic heterocycles. The minimum Gasteiger partial charge on any atom is -0.146 e. The SMILES string of the molecule is Cc1ccc(C)s1.[Li].[Li]. The van der Waals surface area contributed by atoms with E-state index in [0.29, 0.717) is 0 Å². The van der Waals surface area contributed by atoms with Crippen LogP contribution >= 0.6 is 11.3 Å². The summed E-state index contributed by atoms with van der Waals surface area (Å²) in [4.78, 5) is 2.80. The second-order valence-corrected chi connectivity index (χ2v) is 3.15. The first-order valence-corrected chi connectivity index (χ1v) is 3.14. The maximum Gasteiger partial charge on any atom is 0.00170 e. The molecule has 0 aliphatic carbocycles. The van der Waals surface area contributed by atoms with Crippen LogP contribution in [0.25, 0.3) is 0 Å². The van der Waals surface area contributed by atoms with Crippen LogP contribution in [0.1, 0.15) is 9.75 Å². The van der Waals surface area contributed by atoms with E-state index in [2.05, 4.69) is 26.0 Å². The largest absolute Gasteiger partial charge is 0.146 e. The van der Waals surface area contributed by atoms with Crippen molar-refractivity contribution in [3.05, 3.63) is 21.9 Å². The molecule has 1 heterocycles. The van der Waals surface area contributed by atoms with Gasteiger partial charge in [0.2, 0.25) is 0 Å². The maximum atomic E-state index is 2.14. The van der Waals surface area contributed by atoms with Crippen molar-refractivity contribution >= 4 is 49.1 Å². The minimum absolute atomic E-state index is 0. The van der Waals surface area contributed by atoms with Crippen molar-refractivity contribution < 1.29 is 0 Å². The summed E-state index contributed by atoms with van der Waals surface area (Å²) in [6.45, 7) is 4.25. The summed E-state index contributed by atoms with van der Waals surface area (Å²) in [7, 11) is 0. The number of hydrogen-bond donors (Lipinski definition) is 0. The average molecular weight is 126 g/mol. The van der Waals surface area contributed by atoms with Crippen LogP contribution in [0.15, 0.2) is 12.1 Å². The van der Waals surface area contributed by atoms with Gasteiger partial charge in [0.25, 0.3) is 0 Å². The number of hydrogen-bond acceptors (Lipinski definition) is 1. The predicted octanol–water partition coefficient (Wildman–Crippen LogP) is 1.60. The van der Waals surface area contributed by atoms with Gasteiger partial charge < -0.3 is 0 Å². The number of thiophene rings is 1. The normalized spacial score (nSPS) is 7.33. The van der Waals surface area contributed by atoms with Crippen LogP contribution in [-0.2, 0) is 0 Å². The van der Waals surface area contributed by atoms with Crippen molar-refractivity contribution in [3.8, 4) is 0 Å². The van der Waals surface area contributed by atoms with E-state index >= 15 is 0 Å². The first kappa shape index (κ1) is 12.6. The van der Waals surface area contributed by atoms with Crippen molar-refractivity contribution in [1.82, 2.24) is 0 Å². The Balaban J connectivity index is 0. The fourth-order valence-electron chi connectivity index (χ4n) is 0.557. The Hall–Kier alpha value is 0.895. The Morgan fingerprint density at radius 1 is 1.00 bits per heavy atom. The summed E-state index contributed by atoms with van der Waals surface area (Å²) in [6, 6.07) is 4.28. The Morgan fingerprint density at radius 3 is 1.44 bits per heavy atom. The van der Waals surface area contributed by atoms with Gasteiger partial charge in [-0.25, -0.2) is 0 Å². The Kier molecular flexibility index (Phi) is 7.90. The van der Waals surface area contributed by atoms with E-state index < -0.39 is 0 Å². The minimum atomic E-state index is 0. The van der Waals surface area contributed by atoms with Gasteiger partial charge in [-0.15, -0.1) is 11.3 Å². The van der Waals surface area contributed by atoms with Gasteiger partial charge in [0.15, 0.2) is 0 Å². The molecule has 0 nitrogen and oxygen atoms in total. The van der Waals surface area contributed by atoms with Crippen molar-refractivity contribution in [2.75, 3.05) is 0 Å². The van der Waals surface area contributed by atoms with Crippen molar-refractivity contribution in [1.29, 1.82) is 0 Å². The smallest absolute Gasteiger partial charge is 0.00170 e. The molecule has 0 atom stereocenters. The summed E-state index contributed by atoms with van der Waals surface area (Å²) in [5.41, 5.74) is 0. The molecule has 3 heteroatoms. The van der Waals surface area contributed by atoms with Crippen LogP contribution in [-0.4, -0.2) is 37.7 Å². The van der Waals surface area contributed by atoms with E-state index in [-0.39, 0.29) is 37.7 Å². The topological polar surface area (TPSA) is 0 Å². The molecule has 0 N–H and O–H groups in total. The Labute approximate surface area is 84.4 Å². The molecule has 0 aliphatic rings. The summed E-state index contributed by atoms with van der Waals surface area (Å²) >= 11 is 1.84. The molecule has 2 radical (unpaired) electrons. The first-order chi connectivity index (χ1) is 3.29. The quantitative estimate of drug-likeness (QED) is 0.463. The van der Waals surface area contributed by atoms with E-state index in [0.717, 1.165) is 0 Å². The summed E-state index contributed by atoms with van der Waals surface area (Å²) < 4.78 is 0. The zero-order valence-electron chi connectivity index (χ0n) is 6.56. The van der Waals surface area contributed by atoms with Gasteiger partial charge in [-0.05, 0) is 26.0 Å². The van der Waals surface area contributed by atoms with Crippen LogP contribution in [0.2, 0.25) is 0 Å². The molecular formula is C6H8Li2S. The molecule has 1 rings (SSSR count). The van der Waals surface area contributed by atoms with E-state index in [9.17, 15) is 0 Å². The van der Waals surface area contributed by atoms with Crippen LogP contribution in [0.4, 0.5) is 0 Å². The zero-order valence-corrected chi connectivity index (χ0v) is 7.38. The molecule has 9 heavy (non-hydrogen) atoms. The summed E-state index contributed by atoms with van der Waals surface area (Å²) in [5.74, 6) is 0. The van der Waals surface area contributed by atoms with Crippen LogP contribution in [0.3, 0.4) is 0 Å². The first-order valence-electron chi connectivity index (χ1n) is 2.32. The Bertz CT molecular complexity index is 143. The van der Waals surface area contributed by atoms with Gasteiger partial charge in [0.1, 0.15) is 0 Å². The number of rotatable bonds is 0. The third-order valence-corrected chi connectivity index (χ3v) is 1.79. The molecule has 0 unspecified atom stereocenters. The van der Waals surface area contributed by atoms with Crippen molar-refractivity contribution in [2.45, 2.75) is 13.8 Å². The van der Waals surface area contributed by atoms with Gasteiger partial charge in [-0.3, -0.25) is 0 Å². The fourth-order valence-corrected chi connectivity index (χ4v) is 1.34. The maximum absolute atomic E-state index is 2.14. The Morgan fingerprint density at radius 2 is 1.33 bits per heavy atom. The van der Waals surface area contributed by atoms with Crippen LogP contribution in [0, 0.1) is 13.8 Å². The fraction of sp³-hybridized carbons (Fsp3) is 0.333. The number of aryl methyl sites for hydroxylation is 2. The van der Waals surface area contributed by atoms with Crippen molar-refractivity contribution in [3.63, 3.8) is 0 Å². The second kappa shape index (κ2) is 5.66. The van der Waals surface area contributed by atoms with Gasteiger partial charge in [0.05, 0.1) is 0 Å². The zero-order chi connectivity index (χ0) is 5.28. The predicted molar refractivity (Wildman–Crippen MR) is 45.3 cm³/mol. The van der Waals surface area contributed by atoms with E-state index in [4.69, 9.17) is 0 Å². The standard InChI is InChI=1S/C6H8S.2Li/c1-5-3-4-6(2)7-5;;/h3-4H,1-2H3;;. The summed E-state index contributed by atoms with van der Waals surface area (Å²) in [6.07, 6.45) is 0. The molecule has 1 aromatic heterocycles. The molecule has 1 aromatic rings.